The second-order valence-corrected chi connectivity index (χ2v) is 7.19. The van der Waals surface area contributed by atoms with Crippen molar-refractivity contribution in [2.45, 2.75) is 18.6 Å². The number of ether oxygens (including phenoxy) is 1. The molecule has 2 aliphatic rings. The summed E-state index contributed by atoms with van der Waals surface area (Å²) in [4.78, 5) is 18.5. The van der Waals surface area contributed by atoms with Crippen molar-refractivity contribution in [1.82, 2.24) is 14.7 Å². The molecule has 2 aliphatic heterocycles. The number of rotatable bonds is 4. The number of fused-ring (bicyclic) bond motifs is 1. The van der Waals surface area contributed by atoms with Crippen LogP contribution in [0, 0.1) is 0 Å². The maximum absolute atomic E-state index is 12.6. The van der Waals surface area contributed by atoms with Crippen LogP contribution in [0.3, 0.4) is 0 Å². The summed E-state index contributed by atoms with van der Waals surface area (Å²) in [5, 5.41) is 10.6. The zero-order valence-electron chi connectivity index (χ0n) is 14.6. The van der Waals surface area contributed by atoms with Crippen LogP contribution in [-0.2, 0) is 11.3 Å². The second-order valence-electron chi connectivity index (χ2n) is 7.19. The van der Waals surface area contributed by atoms with Gasteiger partial charge >= 0.3 is 0 Å². The highest BCUT2D eigenvalue weighted by Gasteiger charge is 2.38. The Hall–Kier alpha value is -1.63. The van der Waals surface area contributed by atoms with Gasteiger partial charge in [0, 0.05) is 31.7 Å². The third kappa shape index (κ3) is 4.06. The van der Waals surface area contributed by atoms with E-state index in [-0.39, 0.29) is 5.91 Å². The number of amides is 1. The van der Waals surface area contributed by atoms with Crippen molar-refractivity contribution in [3.05, 3.63) is 29.8 Å². The summed E-state index contributed by atoms with van der Waals surface area (Å²) in [6.07, 6.45) is 0.642. The smallest absolute Gasteiger partial charge is 0.236 e. The fraction of sp³-hybridized carbons (Fsp3) is 0.611. The average molecular weight is 333 g/mol. The number of likely N-dealkylation sites (tertiary alicyclic amines) is 1. The Morgan fingerprint density at radius 1 is 1.33 bits per heavy atom. The van der Waals surface area contributed by atoms with Gasteiger partial charge in [-0.2, -0.15) is 0 Å². The van der Waals surface area contributed by atoms with Gasteiger partial charge in [-0.25, -0.2) is 0 Å². The minimum atomic E-state index is -0.784. The molecule has 0 bridgehead atoms. The molecule has 0 spiro atoms. The van der Waals surface area contributed by atoms with Gasteiger partial charge in [-0.05, 0) is 26.6 Å². The minimum absolute atomic E-state index is 0.0871. The first kappa shape index (κ1) is 17.2. The molecule has 132 valence electrons. The maximum atomic E-state index is 12.6. The van der Waals surface area contributed by atoms with Gasteiger partial charge in [-0.3, -0.25) is 9.69 Å². The van der Waals surface area contributed by atoms with E-state index in [1.807, 2.05) is 43.3 Å². The number of para-hydroxylation sites is 1. The highest BCUT2D eigenvalue weighted by Crippen LogP contribution is 2.24. The molecule has 0 unspecified atom stereocenters. The minimum Gasteiger partial charge on any atom is -0.492 e. The highest BCUT2D eigenvalue weighted by molar-refractivity contribution is 5.78. The van der Waals surface area contributed by atoms with Crippen LogP contribution in [0.25, 0.3) is 0 Å². The molecule has 1 fully saturated rings. The van der Waals surface area contributed by atoms with Crippen molar-refractivity contribution in [2.75, 3.05) is 53.4 Å². The van der Waals surface area contributed by atoms with Crippen molar-refractivity contribution in [1.29, 1.82) is 0 Å². The molecule has 3 rings (SSSR count). The molecule has 0 aliphatic carbocycles. The normalized spacial score (nSPS) is 24.6. The molecule has 1 aromatic carbocycles. The molecule has 1 atom stereocenters. The molecule has 1 saturated heterocycles. The van der Waals surface area contributed by atoms with E-state index in [9.17, 15) is 9.90 Å². The molecule has 2 heterocycles. The van der Waals surface area contributed by atoms with Gasteiger partial charge in [0.2, 0.25) is 5.91 Å². The van der Waals surface area contributed by atoms with Crippen LogP contribution in [0.4, 0.5) is 0 Å². The Labute approximate surface area is 143 Å². The second kappa shape index (κ2) is 7.09. The van der Waals surface area contributed by atoms with E-state index >= 15 is 0 Å². The third-order valence-corrected chi connectivity index (χ3v) is 4.69. The zero-order chi connectivity index (χ0) is 17.2. The summed E-state index contributed by atoms with van der Waals surface area (Å²) >= 11 is 0. The van der Waals surface area contributed by atoms with Gasteiger partial charge in [0.1, 0.15) is 12.4 Å². The number of aliphatic hydroxyl groups is 1. The van der Waals surface area contributed by atoms with Gasteiger partial charge in [-0.15, -0.1) is 0 Å². The Morgan fingerprint density at radius 2 is 2.12 bits per heavy atom. The van der Waals surface area contributed by atoms with Crippen LogP contribution in [0.1, 0.15) is 12.0 Å². The molecule has 6 nitrogen and oxygen atoms in total. The van der Waals surface area contributed by atoms with Crippen LogP contribution >= 0.6 is 0 Å². The first-order valence-corrected chi connectivity index (χ1v) is 8.53. The van der Waals surface area contributed by atoms with Crippen molar-refractivity contribution in [3.63, 3.8) is 0 Å². The van der Waals surface area contributed by atoms with Crippen LogP contribution in [0.2, 0.25) is 0 Å². The number of β-amino-alcohol motifs (C(OH)–C–C–N with tert-alkyl or cyclic N) is 1. The summed E-state index contributed by atoms with van der Waals surface area (Å²) in [6.45, 7) is 4.05. The lowest BCUT2D eigenvalue weighted by Crippen LogP contribution is -2.45. The van der Waals surface area contributed by atoms with Gasteiger partial charge in [0.25, 0.3) is 0 Å². The van der Waals surface area contributed by atoms with E-state index in [1.54, 1.807) is 4.90 Å². The SMILES string of the molecule is CN(C)C[C@@]1(O)CCN(C(=O)CN2CCOc3ccccc3C2)C1. The molecule has 24 heavy (non-hydrogen) atoms. The number of hydrogen-bond donors (Lipinski definition) is 1. The van der Waals surface area contributed by atoms with Gasteiger partial charge in [0.15, 0.2) is 0 Å². The number of nitrogens with zero attached hydrogens (tertiary/aromatic N) is 3. The van der Waals surface area contributed by atoms with E-state index < -0.39 is 5.60 Å². The number of benzene rings is 1. The molecule has 1 amide bonds. The van der Waals surface area contributed by atoms with E-state index in [0.717, 1.165) is 24.4 Å². The predicted octanol–water partition coefficient (Wildman–Crippen LogP) is 0.406. The molecular weight excluding hydrogens is 306 g/mol. The molecule has 6 heteroatoms. The zero-order valence-corrected chi connectivity index (χ0v) is 14.6. The lowest BCUT2D eigenvalue weighted by molar-refractivity contribution is -0.132. The molecule has 0 saturated carbocycles. The molecular formula is C18H27N3O3. The van der Waals surface area contributed by atoms with Crippen molar-refractivity contribution >= 4 is 5.91 Å². The van der Waals surface area contributed by atoms with Crippen molar-refractivity contribution < 1.29 is 14.6 Å². The van der Waals surface area contributed by atoms with E-state index in [2.05, 4.69) is 4.90 Å². The van der Waals surface area contributed by atoms with Crippen LogP contribution in [-0.4, -0.2) is 84.7 Å². The fourth-order valence-electron chi connectivity index (χ4n) is 3.59. The van der Waals surface area contributed by atoms with Gasteiger partial charge in [0.05, 0.1) is 18.7 Å². The van der Waals surface area contributed by atoms with Crippen LogP contribution < -0.4 is 4.74 Å². The third-order valence-electron chi connectivity index (χ3n) is 4.69. The largest absolute Gasteiger partial charge is 0.492 e. The number of hydrogen-bond acceptors (Lipinski definition) is 5. The monoisotopic (exact) mass is 333 g/mol. The van der Waals surface area contributed by atoms with Crippen molar-refractivity contribution in [2.24, 2.45) is 0 Å². The summed E-state index contributed by atoms with van der Waals surface area (Å²) in [6, 6.07) is 7.98. The predicted molar refractivity (Wildman–Crippen MR) is 91.9 cm³/mol. The fourth-order valence-corrected chi connectivity index (χ4v) is 3.59. The molecule has 1 N–H and O–H groups in total. The Morgan fingerprint density at radius 3 is 2.92 bits per heavy atom. The first-order chi connectivity index (χ1) is 11.5. The molecule has 1 aromatic rings. The topological polar surface area (TPSA) is 56.2 Å². The lowest BCUT2D eigenvalue weighted by atomic mass is 10.0. The highest BCUT2D eigenvalue weighted by atomic mass is 16.5. The Kier molecular flexibility index (Phi) is 5.08. The van der Waals surface area contributed by atoms with Gasteiger partial charge in [-0.1, -0.05) is 18.2 Å². The van der Waals surface area contributed by atoms with Crippen LogP contribution in [0.15, 0.2) is 24.3 Å². The lowest BCUT2D eigenvalue weighted by Gasteiger charge is -2.27. The maximum Gasteiger partial charge on any atom is 0.236 e. The first-order valence-electron chi connectivity index (χ1n) is 8.53. The average Bonchev–Trinajstić information content (AvgIpc) is 2.78. The van der Waals surface area contributed by atoms with E-state index in [1.165, 1.54) is 0 Å². The standard InChI is InChI=1S/C18H27N3O3/c1-19(2)13-18(23)7-8-21(14-18)17(22)12-20-9-10-24-16-6-4-3-5-15(16)11-20/h3-6,23H,7-14H2,1-2H3/t18-/m0/s1. The Bertz CT molecular complexity index is 593. The summed E-state index contributed by atoms with van der Waals surface area (Å²) in [5.74, 6) is 0.998. The van der Waals surface area contributed by atoms with Crippen LogP contribution in [0.5, 0.6) is 5.75 Å². The molecule has 0 aromatic heterocycles. The number of carbonyl (C=O) groups is 1. The molecule has 0 radical (unpaired) electrons. The summed E-state index contributed by atoms with van der Waals surface area (Å²) in [5.41, 5.74) is 0.335. The Balaban J connectivity index is 1.58. The number of likely N-dealkylation sites (N-methyl/N-ethyl adjacent to an activating group) is 1. The van der Waals surface area contributed by atoms with Gasteiger partial charge < -0.3 is 19.6 Å². The number of carbonyl (C=O) groups excluding carboxylic acids is 1. The van der Waals surface area contributed by atoms with E-state index in [0.29, 0.717) is 39.2 Å². The quantitative estimate of drug-likeness (QED) is 0.865. The summed E-state index contributed by atoms with van der Waals surface area (Å²) < 4.78 is 5.75. The van der Waals surface area contributed by atoms with E-state index in [4.69, 9.17) is 4.74 Å². The summed E-state index contributed by atoms with van der Waals surface area (Å²) in [7, 11) is 3.88. The van der Waals surface area contributed by atoms with Crippen molar-refractivity contribution in [3.8, 4) is 5.75 Å².